The number of aryl methyl sites for hydroxylation is 1. The van der Waals surface area contributed by atoms with Gasteiger partial charge < -0.3 is 5.32 Å². The van der Waals surface area contributed by atoms with Gasteiger partial charge in [0.2, 0.25) is 0 Å². The Hall–Kier alpha value is -4.03. The molecule has 1 fully saturated rings. The van der Waals surface area contributed by atoms with E-state index in [9.17, 15) is 45.2 Å². The van der Waals surface area contributed by atoms with Crippen molar-refractivity contribution < 1.29 is 44.3 Å². The number of nitrogens with zero attached hydrogens (tertiary/aromatic N) is 5. The van der Waals surface area contributed by atoms with Crippen molar-refractivity contribution in [3.63, 3.8) is 0 Å². The molecule has 3 heterocycles. The molecule has 0 saturated heterocycles. The first-order valence-electron chi connectivity index (χ1n) is 11.2. The second-order valence-corrected chi connectivity index (χ2v) is 9.28. The summed E-state index contributed by atoms with van der Waals surface area (Å²) >= 11 is 0. The molecule has 7 nitrogen and oxygen atoms in total. The molecular formula is C23H15F9N6O. The zero-order valence-corrected chi connectivity index (χ0v) is 19.6. The van der Waals surface area contributed by atoms with Crippen molar-refractivity contribution in [3.8, 4) is 23.0 Å². The van der Waals surface area contributed by atoms with Gasteiger partial charge in [0.25, 0.3) is 5.91 Å². The molecule has 1 atom stereocenters. The van der Waals surface area contributed by atoms with Gasteiger partial charge in [-0.3, -0.25) is 9.48 Å². The van der Waals surface area contributed by atoms with Crippen molar-refractivity contribution in [1.82, 2.24) is 24.9 Å². The second kappa shape index (κ2) is 8.23. The van der Waals surface area contributed by atoms with Crippen LogP contribution in [0, 0.1) is 11.3 Å². The zero-order valence-electron chi connectivity index (χ0n) is 19.6. The van der Waals surface area contributed by atoms with Crippen molar-refractivity contribution in [2.45, 2.75) is 49.2 Å². The maximum absolute atomic E-state index is 15.4. The Labute approximate surface area is 212 Å². The third-order valence-corrected chi connectivity index (χ3v) is 6.65. The van der Waals surface area contributed by atoms with Crippen molar-refractivity contribution >= 4 is 5.91 Å². The van der Waals surface area contributed by atoms with Crippen LogP contribution in [0.3, 0.4) is 0 Å². The van der Waals surface area contributed by atoms with Crippen LogP contribution in [0.15, 0.2) is 24.4 Å². The van der Waals surface area contributed by atoms with Crippen LogP contribution in [0.25, 0.3) is 16.9 Å². The molecule has 0 bridgehead atoms. The summed E-state index contributed by atoms with van der Waals surface area (Å²) in [6.07, 6.45) is -12.6. The number of rotatable bonds is 4. The maximum Gasteiger partial charge on any atom is 0.459 e. The lowest BCUT2D eigenvalue weighted by atomic mass is 9.93. The van der Waals surface area contributed by atoms with E-state index in [0.29, 0.717) is 10.7 Å². The van der Waals surface area contributed by atoms with Crippen LogP contribution in [0.1, 0.15) is 51.9 Å². The highest BCUT2D eigenvalue weighted by atomic mass is 19.4. The smallest absolute Gasteiger partial charge is 0.334 e. The molecular weight excluding hydrogens is 547 g/mol. The Morgan fingerprint density at radius 1 is 1.15 bits per heavy atom. The van der Waals surface area contributed by atoms with Gasteiger partial charge in [-0.15, -0.1) is 0 Å². The topological polar surface area (TPSA) is 88.5 Å². The summed E-state index contributed by atoms with van der Waals surface area (Å²) in [4.78, 5) is 12.8. The lowest BCUT2D eigenvalue weighted by Gasteiger charge is -2.23. The highest BCUT2D eigenvalue weighted by molar-refractivity contribution is 5.98. The molecule has 206 valence electrons. The molecule has 1 amide bonds. The molecule has 2 aliphatic rings. The molecule has 1 aromatic carbocycles. The first kappa shape index (κ1) is 26.6. The van der Waals surface area contributed by atoms with Crippen molar-refractivity contribution in [3.05, 3.63) is 52.5 Å². The number of nitriles is 1. The molecule has 0 radical (unpaired) electrons. The highest BCUT2D eigenvalue weighted by Gasteiger charge is 2.62. The first-order chi connectivity index (χ1) is 18.0. The first-order valence-corrected chi connectivity index (χ1v) is 11.2. The number of carbonyl (C=O) groups is 1. The molecule has 16 heteroatoms. The minimum absolute atomic E-state index is 0.106. The molecule has 1 unspecified atom stereocenters. The summed E-state index contributed by atoms with van der Waals surface area (Å²) in [5.74, 6) is -6.95. The maximum atomic E-state index is 15.4. The average Bonchev–Trinajstić information content (AvgIpc) is 3.32. The lowest BCUT2D eigenvalue weighted by Crippen LogP contribution is -2.36. The quantitative estimate of drug-likeness (QED) is 0.438. The van der Waals surface area contributed by atoms with Crippen LogP contribution >= 0.6 is 0 Å². The fraction of sp³-hybridized carbons (Fsp3) is 0.391. The van der Waals surface area contributed by atoms with Gasteiger partial charge in [-0.25, -0.2) is 9.07 Å². The zero-order chi connectivity index (χ0) is 28.7. The van der Waals surface area contributed by atoms with Crippen LogP contribution in [0.2, 0.25) is 0 Å². The van der Waals surface area contributed by atoms with Crippen molar-refractivity contribution in [2.24, 2.45) is 7.05 Å². The van der Waals surface area contributed by atoms with E-state index in [4.69, 9.17) is 0 Å². The van der Waals surface area contributed by atoms with Crippen molar-refractivity contribution in [1.29, 1.82) is 5.26 Å². The van der Waals surface area contributed by atoms with E-state index in [2.05, 4.69) is 15.5 Å². The molecule has 1 saturated carbocycles. The summed E-state index contributed by atoms with van der Waals surface area (Å²) in [7, 11) is 1.06. The number of amides is 1. The van der Waals surface area contributed by atoms with Crippen LogP contribution in [0.4, 0.5) is 39.5 Å². The summed E-state index contributed by atoms with van der Waals surface area (Å²) in [5, 5.41) is 18.6. The Morgan fingerprint density at radius 3 is 2.38 bits per heavy atom. The van der Waals surface area contributed by atoms with E-state index in [1.165, 1.54) is 0 Å². The van der Waals surface area contributed by atoms with Gasteiger partial charge in [-0.05, 0) is 30.5 Å². The van der Waals surface area contributed by atoms with Gasteiger partial charge >= 0.3 is 18.3 Å². The van der Waals surface area contributed by atoms with Gasteiger partial charge in [-0.1, -0.05) is 6.07 Å². The monoisotopic (exact) mass is 562 g/mol. The SMILES string of the molecule is Cn1nc(C(F)(F)C(F)(F)F)c2c1-n1ncc(-c3ccc(C(F)(F)F)c(C(=O)NC4(C#N)CC4)c3)c1C(F)C2. The summed E-state index contributed by atoms with van der Waals surface area (Å²) in [5.41, 5.74) is -6.43. The third kappa shape index (κ3) is 4.10. The molecule has 39 heavy (non-hydrogen) atoms. The van der Waals surface area contributed by atoms with Crippen LogP contribution in [0.5, 0.6) is 0 Å². The van der Waals surface area contributed by atoms with Crippen LogP contribution in [-0.4, -0.2) is 37.2 Å². The Bertz CT molecular complexity index is 1540. The van der Waals surface area contributed by atoms with Gasteiger partial charge in [0.15, 0.2) is 5.82 Å². The lowest BCUT2D eigenvalue weighted by molar-refractivity contribution is -0.291. The second-order valence-electron chi connectivity index (χ2n) is 9.28. The molecule has 1 N–H and O–H groups in total. The number of alkyl halides is 9. The Balaban J connectivity index is 1.62. The summed E-state index contributed by atoms with van der Waals surface area (Å²) in [6, 6.07) is 4.20. The number of carbonyl (C=O) groups excluding carboxylic acids is 1. The van der Waals surface area contributed by atoms with Gasteiger partial charge in [0.05, 0.1) is 29.1 Å². The van der Waals surface area contributed by atoms with Crippen LogP contribution in [-0.2, 0) is 25.6 Å². The molecule has 1 aliphatic heterocycles. The normalized spacial score (nSPS) is 18.2. The van der Waals surface area contributed by atoms with Crippen molar-refractivity contribution in [2.75, 3.05) is 0 Å². The summed E-state index contributed by atoms with van der Waals surface area (Å²) in [6.45, 7) is 0. The molecule has 1 aliphatic carbocycles. The highest BCUT2D eigenvalue weighted by Crippen LogP contribution is 2.49. The van der Waals surface area contributed by atoms with E-state index in [1.807, 2.05) is 6.07 Å². The fourth-order valence-corrected chi connectivity index (χ4v) is 4.55. The molecule has 5 rings (SSSR count). The number of aromatic nitrogens is 4. The number of halogens is 9. The van der Waals surface area contributed by atoms with E-state index >= 15 is 4.39 Å². The van der Waals surface area contributed by atoms with E-state index in [-0.39, 0.29) is 35.5 Å². The predicted molar refractivity (Wildman–Crippen MR) is 113 cm³/mol. The number of hydrogen-bond acceptors (Lipinski definition) is 4. The molecule has 2 aromatic heterocycles. The standard InChI is InChI=1S/C23H15F9N6O/c1-37-19-12(17(36-37)21(25,26)23(30,31)32)7-15(24)16-13(8-34-38(16)19)10-2-3-14(22(27,28)29)11(6-10)18(39)35-20(9-33)4-5-20/h2-3,6,8,15H,4-5,7H2,1H3,(H,35,39). The minimum atomic E-state index is -6.00. The molecule has 3 aromatic rings. The van der Waals surface area contributed by atoms with E-state index < -0.39 is 64.7 Å². The average molecular weight is 562 g/mol. The Kier molecular flexibility index (Phi) is 5.61. The van der Waals surface area contributed by atoms with E-state index in [0.717, 1.165) is 30.1 Å². The number of fused-ring (bicyclic) bond motifs is 3. The minimum Gasteiger partial charge on any atom is -0.334 e. The van der Waals surface area contributed by atoms with E-state index in [1.54, 1.807) is 0 Å². The van der Waals surface area contributed by atoms with Gasteiger partial charge in [0, 0.05) is 24.6 Å². The van der Waals surface area contributed by atoms with Gasteiger partial charge in [0.1, 0.15) is 17.4 Å². The Morgan fingerprint density at radius 2 is 1.82 bits per heavy atom. The third-order valence-electron chi connectivity index (χ3n) is 6.65. The van der Waals surface area contributed by atoms with Gasteiger partial charge in [-0.2, -0.15) is 50.6 Å². The largest absolute Gasteiger partial charge is 0.459 e. The van der Waals surface area contributed by atoms with Crippen LogP contribution < -0.4 is 5.32 Å². The fourth-order valence-electron chi connectivity index (χ4n) is 4.55. The number of benzene rings is 1. The number of nitrogens with one attached hydrogen (secondary N) is 1. The summed E-state index contributed by atoms with van der Waals surface area (Å²) < 4.78 is 125. The molecule has 0 spiro atoms. The predicted octanol–water partition coefficient (Wildman–Crippen LogP) is 5.30. The number of hydrogen-bond donors (Lipinski definition) is 1.